The highest BCUT2D eigenvalue weighted by atomic mass is 14.3. The smallest absolute Gasteiger partial charge is 0.00486 e. The molecule has 0 fully saturated rings. The maximum Gasteiger partial charge on any atom is 0.00486 e. The van der Waals surface area contributed by atoms with E-state index in [0.29, 0.717) is 5.92 Å². The van der Waals surface area contributed by atoms with Gasteiger partial charge in [-0.1, -0.05) is 36.4 Å². The number of aryl methyl sites for hydroxylation is 1. The zero-order chi connectivity index (χ0) is 8.55. The minimum Gasteiger partial charge on any atom is -0.0995 e. The van der Waals surface area contributed by atoms with Crippen LogP contribution >= 0.6 is 0 Å². The third kappa shape index (κ3) is 1.08. The van der Waals surface area contributed by atoms with Crippen molar-refractivity contribution in [2.24, 2.45) is 0 Å². The van der Waals surface area contributed by atoms with Gasteiger partial charge in [-0.15, -0.1) is 0 Å². The fraction of sp³-hybridized carbons (Fsp3) is 0.333. The van der Waals surface area contributed by atoms with Gasteiger partial charge in [0.05, 0.1) is 0 Å². The van der Waals surface area contributed by atoms with Gasteiger partial charge in [-0.2, -0.15) is 0 Å². The van der Waals surface area contributed by atoms with E-state index in [-0.39, 0.29) is 0 Å². The van der Waals surface area contributed by atoms with Gasteiger partial charge in [0.2, 0.25) is 0 Å². The van der Waals surface area contributed by atoms with Gasteiger partial charge in [0.15, 0.2) is 0 Å². The number of benzene rings is 1. The molecule has 62 valence electrons. The summed E-state index contributed by atoms with van der Waals surface area (Å²) in [5, 5.41) is 0. The monoisotopic (exact) mass is 158 g/mol. The van der Waals surface area contributed by atoms with Crippen LogP contribution in [0.25, 0.3) is 0 Å². The van der Waals surface area contributed by atoms with E-state index in [4.69, 9.17) is 0 Å². The summed E-state index contributed by atoms with van der Waals surface area (Å²) in [6.45, 7) is 6.17. The first-order valence-electron chi connectivity index (χ1n) is 4.52. The molecule has 2 rings (SSSR count). The largest absolute Gasteiger partial charge is 0.0995 e. The van der Waals surface area contributed by atoms with Gasteiger partial charge in [0.1, 0.15) is 0 Å². The lowest BCUT2D eigenvalue weighted by Gasteiger charge is -2.09. The van der Waals surface area contributed by atoms with Crippen LogP contribution in [0.5, 0.6) is 0 Å². The third-order valence-corrected chi connectivity index (χ3v) is 2.73. The van der Waals surface area contributed by atoms with Crippen molar-refractivity contribution in [3.63, 3.8) is 0 Å². The van der Waals surface area contributed by atoms with Crippen LogP contribution in [0.2, 0.25) is 0 Å². The van der Waals surface area contributed by atoms with Crippen molar-refractivity contribution in [1.82, 2.24) is 0 Å². The Kier molecular flexibility index (Phi) is 1.76. The molecule has 1 atom stereocenters. The van der Waals surface area contributed by atoms with E-state index in [0.717, 1.165) is 0 Å². The summed E-state index contributed by atoms with van der Waals surface area (Å²) in [7, 11) is 0. The Morgan fingerprint density at radius 3 is 2.92 bits per heavy atom. The van der Waals surface area contributed by atoms with Crippen LogP contribution in [0.4, 0.5) is 0 Å². The Morgan fingerprint density at radius 2 is 2.17 bits per heavy atom. The predicted molar refractivity (Wildman–Crippen MR) is 52.3 cm³/mol. The fourth-order valence-corrected chi connectivity index (χ4v) is 2.07. The number of allylic oxidation sites excluding steroid dienone is 1. The summed E-state index contributed by atoms with van der Waals surface area (Å²) in [5.74, 6) is 0.626. The van der Waals surface area contributed by atoms with Crippen molar-refractivity contribution in [2.45, 2.75) is 25.7 Å². The van der Waals surface area contributed by atoms with Crippen LogP contribution < -0.4 is 0 Å². The van der Waals surface area contributed by atoms with Crippen LogP contribution in [0.3, 0.4) is 0 Å². The van der Waals surface area contributed by atoms with Crippen LogP contribution in [0, 0.1) is 0 Å². The quantitative estimate of drug-likeness (QED) is 0.550. The van der Waals surface area contributed by atoms with Crippen LogP contribution in [0.1, 0.15) is 30.4 Å². The summed E-state index contributed by atoms with van der Waals surface area (Å²) in [4.78, 5) is 0. The first-order chi connectivity index (χ1) is 5.79. The molecule has 0 heteroatoms. The minimum absolute atomic E-state index is 0.626. The van der Waals surface area contributed by atoms with Crippen LogP contribution in [-0.2, 0) is 6.42 Å². The highest BCUT2D eigenvalue weighted by Gasteiger charge is 2.21. The van der Waals surface area contributed by atoms with E-state index in [1.807, 2.05) is 0 Å². The lowest BCUT2D eigenvalue weighted by Crippen LogP contribution is -1.92. The Bertz CT molecular complexity index is 310. The van der Waals surface area contributed by atoms with Crippen molar-refractivity contribution in [3.8, 4) is 0 Å². The molecule has 0 saturated carbocycles. The molecule has 0 spiro atoms. The van der Waals surface area contributed by atoms with E-state index in [1.165, 1.54) is 29.5 Å². The number of fused-ring (bicyclic) bond motifs is 1. The molecular formula is C12H14. The van der Waals surface area contributed by atoms with Crippen molar-refractivity contribution in [1.29, 1.82) is 0 Å². The lowest BCUT2D eigenvalue weighted by molar-refractivity contribution is 0.774. The zero-order valence-electron chi connectivity index (χ0n) is 7.51. The summed E-state index contributed by atoms with van der Waals surface area (Å²) in [6, 6.07) is 8.72. The van der Waals surface area contributed by atoms with Gasteiger partial charge >= 0.3 is 0 Å². The van der Waals surface area contributed by atoms with Crippen molar-refractivity contribution in [2.75, 3.05) is 0 Å². The Morgan fingerprint density at radius 1 is 1.42 bits per heavy atom. The molecule has 0 N–H and O–H groups in total. The molecule has 1 unspecified atom stereocenters. The number of rotatable bonds is 1. The van der Waals surface area contributed by atoms with Crippen molar-refractivity contribution < 1.29 is 0 Å². The van der Waals surface area contributed by atoms with E-state index < -0.39 is 0 Å². The first kappa shape index (κ1) is 7.60. The molecule has 0 radical (unpaired) electrons. The normalized spacial score (nSPS) is 20.6. The van der Waals surface area contributed by atoms with Gasteiger partial charge in [-0.3, -0.25) is 0 Å². The maximum atomic E-state index is 4.04. The van der Waals surface area contributed by atoms with Gasteiger partial charge in [-0.25, -0.2) is 0 Å². The molecule has 0 aromatic heterocycles. The number of hydrogen-bond acceptors (Lipinski definition) is 0. The van der Waals surface area contributed by atoms with Crippen LogP contribution in [0.15, 0.2) is 36.4 Å². The highest BCUT2D eigenvalue weighted by Crippen LogP contribution is 2.36. The molecular weight excluding hydrogens is 144 g/mol. The van der Waals surface area contributed by atoms with Crippen molar-refractivity contribution in [3.05, 3.63) is 47.5 Å². The molecule has 1 aliphatic carbocycles. The van der Waals surface area contributed by atoms with E-state index in [2.05, 4.69) is 37.8 Å². The fourth-order valence-electron chi connectivity index (χ4n) is 2.07. The molecule has 0 aliphatic heterocycles. The second kappa shape index (κ2) is 2.78. The highest BCUT2D eigenvalue weighted by molar-refractivity contribution is 5.39. The molecule has 1 aromatic rings. The van der Waals surface area contributed by atoms with Gasteiger partial charge in [0.25, 0.3) is 0 Å². The second-order valence-electron chi connectivity index (χ2n) is 3.64. The predicted octanol–water partition coefficient (Wildman–Crippen LogP) is 3.29. The molecule has 0 heterocycles. The average molecular weight is 158 g/mol. The van der Waals surface area contributed by atoms with Crippen molar-refractivity contribution >= 4 is 0 Å². The minimum atomic E-state index is 0.626. The molecule has 12 heavy (non-hydrogen) atoms. The SMILES string of the molecule is C=C(C)C1CCc2ccccc21. The Labute approximate surface area is 73.9 Å². The summed E-state index contributed by atoms with van der Waals surface area (Å²) in [5.41, 5.74) is 4.33. The van der Waals surface area contributed by atoms with E-state index in [1.54, 1.807) is 0 Å². The maximum absolute atomic E-state index is 4.04. The molecule has 0 amide bonds. The molecule has 0 saturated heterocycles. The van der Waals surface area contributed by atoms with Gasteiger partial charge < -0.3 is 0 Å². The van der Waals surface area contributed by atoms with E-state index >= 15 is 0 Å². The summed E-state index contributed by atoms with van der Waals surface area (Å²) >= 11 is 0. The average Bonchev–Trinajstić information content (AvgIpc) is 2.47. The molecule has 1 aliphatic rings. The van der Waals surface area contributed by atoms with Gasteiger partial charge in [0, 0.05) is 5.92 Å². The topological polar surface area (TPSA) is 0 Å². The molecule has 0 nitrogen and oxygen atoms in total. The summed E-state index contributed by atoms with van der Waals surface area (Å²) < 4.78 is 0. The molecule has 1 aromatic carbocycles. The molecule has 0 bridgehead atoms. The third-order valence-electron chi connectivity index (χ3n) is 2.73. The number of hydrogen-bond donors (Lipinski definition) is 0. The summed E-state index contributed by atoms with van der Waals surface area (Å²) in [6.07, 6.45) is 2.49. The zero-order valence-corrected chi connectivity index (χ0v) is 7.51. The van der Waals surface area contributed by atoms with Crippen LogP contribution in [-0.4, -0.2) is 0 Å². The standard InChI is InChI=1S/C12H14/c1-9(2)11-8-7-10-5-3-4-6-12(10)11/h3-6,11H,1,7-8H2,2H3. The van der Waals surface area contributed by atoms with E-state index in [9.17, 15) is 0 Å². The Balaban J connectivity index is 2.42. The first-order valence-corrected chi connectivity index (χ1v) is 4.52. The Hall–Kier alpha value is -1.04. The second-order valence-corrected chi connectivity index (χ2v) is 3.64. The lowest BCUT2D eigenvalue weighted by atomic mass is 9.95. The van der Waals surface area contributed by atoms with Gasteiger partial charge in [-0.05, 0) is 30.9 Å².